The predicted molar refractivity (Wildman–Crippen MR) is 54.8 cm³/mol. The molecule has 13 heavy (non-hydrogen) atoms. The Balaban J connectivity index is 0.00000144. The zero-order chi connectivity index (χ0) is 9.14. The van der Waals surface area contributed by atoms with Gasteiger partial charge in [-0.05, 0) is 19.1 Å². The lowest BCUT2D eigenvalue weighted by molar-refractivity contribution is 0.000319. The summed E-state index contributed by atoms with van der Waals surface area (Å²) in [7, 11) is 0. The van der Waals surface area contributed by atoms with E-state index in [0.29, 0.717) is 17.1 Å². The van der Waals surface area contributed by atoms with Crippen molar-refractivity contribution >= 4 is 23.8 Å². The Labute approximate surface area is 82.9 Å². The molecule has 0 saturated carbocycles. The predicted octanol–water partition coefficient (Wildman–Crippen LogP) is 0.990. The third kappa shape index (κ3) is 3.01. The topological polar surface area (TPSA) is 81.5 Å². The summed E-state index contributed by atoms with van der Waals surface area (Å²) in [4.78, 5) is 0. The summed E-state index contributed by atoms with van der Waals surface area (Å²) in [6.07, 6.45) is -0.880. The average Bonchev–Trinajstić information content (AvgIpc) is 1.98. The van der Waals surface area contributed by atoms with Crippen LogP contribution in [0.15, 0.2) is 18.2 Å². The monoisotopic (exact) mass is 204 g/mol. The van der Waals surface area contributed by atoms with Gasteiger partial charge in [0, 0.05) is 0 Å². The van der Waals surface area contributed by atoms with Gasteiger partial charge in [-0.15, -0.1) is 12.4 Å². The van der Waals surface area contributed by atoms with Crippen LogP contribution in [0, 0.1) is 0 Å². The van der Waals surface area contributed by atoms with Crippen molar-refractivity contribution in [3.05, 3.63) is 18.2 Å². The lowest BCUT2D eigenvalue weighted by Gasteiger charge is -2.11. The lowest BCUT2D eigenvalue weighted by Crippen LogP contribution is -2.11. The number of rotatable bonds is 2. The molecule has 1 unspecified atom stereocenters. The number of hydrogen-bond acceptors (Lipinski definition) is 4. The number of benzene rings is 1. The van der Waals surface area contributed by atoms with Gasteiger partial charge in [0.25, 0.3) is 0 Å². The van der Waals surface area contributed by atoms with E-state index in [0.717, 1.165) is 0 Å². The van der Waals surface area contributed by atoms with Crippen molar-refractivity contribution in [2.24, 2.45) is 0 Å². The largest absolute Gasteiger partial charge is 0.463 e. The lowest BCUT2D eigenvalue weighted by atomic mass is 10.2. The zero-order valence-corrected chi connectivity index (χ0v) is 8.04. The van der Waals surface area contributed by atoms with Gasteiger partial charge in [0.1, 0.15) is 5.75 Å². The molecule has 74 valence electrons. The molecule has 0 bridgehead atoms. The molecule has 0 spiro atoms. The number of aliphatic hydroxyl groups excluding tert-OH is 1. The fraction of sp³-hybridized carbons (Fsp3) is 0.250. The number of nitrogen functional groups attached to an aromatic ring is 2. The highest BCUT2D eigenvalue weighted by Gasteiger charge is 2.04. The van der Waals surface area contributed by atoms with Crippen LogP contribution >= 0.6 is 12.4 Å². The smallest absolute Gasteiger partial charge is 0.194 e. The Morgan fingerprint density at radius 1 is 1.38 bits per heavy atom. The average molecular weight is 205 g/mol. The maximum absolute atomic E-state index is 8.90. The molecule has 1 aromatic rings. The first-order chi connectivity index (χ1) is 5.61. The molecule has 5 heteroatoms. The number of hydrogen-bond donors (Lipinski definition) is 3. The van der Waals surface area contributed by atoms with Crippen LogP contribution in [0.4, 0.5) is 11.4 Å². The van der Waals surface area contributed by atoms with Gasteiger partial charge in [-0.3, -0.25) is 0 Å². The van der Waals surface area contributed by atoms with E-state index in [2.05, 4.69) is 0 Å². The van der Waals surface area contributed by atoms with Crippen LogP contribution in [0.5, 0.6) is 5.75 Å². The van der Waals surface area contributed by atoms with Crippen molar-refractivity contribution in [1.29, 1.82) is 0 Å². The number of halogens is 1. The Bertz CT molecular complexity index is 279. The van der Waals surface area contributed by atoms with Crippen LogP contribution in [-0.4, -0.2) is 11.4 Å². The second kappa shape index (κ2) is 4.79. The van der Waals surface area contributed by atoms with Gasteiger partial charge in [-0.1, -0.05) is 6.07 Å². The quantitative estimate of drug-likeness (QED) is 0.496. The Kier molecular flexibility index (Phi) is 4.37. The summed E-state index contributed by atoms with van der Waals surface area (Å²) in [5.41, 5.74) is 11.9. The van der Waals surface area contributed by atoms with Crippen LogP contribution < -0.4 is 16.2 Å². The molecule has 1 atom stereocenters. The molecule has 1 aromatic carbocycles. The molecule has 0 aliphatic heterocycles. The number of para-hydroxylation sites is 1. The molecule has 5 N–H and O–H groups in total. The van der Waals surface area contributed by atoms with Crippen molar-refractivity contribution in [3.8, 4) is 5.75 Å². The SMILES string of the molecule is CC(O)Oc1cccc(N)c1N.Cl. The summed E-state index contributed by atoms with van der Waals surface area (Å²) in [5.74, 6) is 0.407. The van der Waals surface area contributed by atoms with Gasteiger partial charge in [-0.25, -0.2) is 0 Å². The van der Waals surface area contributed by atoms with E-state index < -0.39 is 6.29 Å². The molecular weight excluding hydrogens is 192 g/mol. The molecule has 0 aliphatic rings. The van der Waals surface area contributed by atoms with Gasteiger partial charge in [-0.2, -0.15) is 0 Å². The molecule has 0 amide bonds. The minimum Gasteiger partial charge on any atom is -0.463 e. The summed E-state index contributed by atoms with van der Waals surface area (Å²) >= 11 is 0. The van der Waals surface area contributed by atoms with E-state index in [1.807, 2.05) is 0 Å². The molecule has 0 aromatic heterocycles. The van der Waals surface area contributed by atoms with Gasteiger partial charge in [0.2, 0.25) is 0 Å². The van der Waals surface area contributed by atoms with E-state index >= 15 is 0 Å². The second-order valence-corrected chi connectivity index (χ2v) is 2.48. The molecule has 0 heterocycles. The summed E-state index contributed by atoms with van der Waals surface area (Å²) in [5, 5.41) is 8.90. The molecule has 0 radical (unpaired) electrons. The normalized spacial score (nSPS) is 11.5. The van der Waals surface area contributed by atoms with E-state index in [1.165, 1.54) is 6.92 Å². The summed E-state index contributed by atoms with van der Waals surface area (Å²) < 4.78 is 4.98. The Morgan fingerprint density at radius 3 is 2.54 bits per heavy atom. The highest BCUT2D eigenvalue weighted by molar-refractivity contribution is 5.85. The zero-order valence-electron chi connectivity index (χ0n) is 7.23. The molecule has 0 fully saturated rings. The van der Waals surface area contributed by atoms with Gasteiger partial charge < -0.3 is 21.3 Å². The number of ether oxygens (including phenoxy) is 1. The number of aliphatic hydroxyl groups is 1. The second-order valence-electron chi connectivity index (χ2n) is 2.48. The molecule has 4 nitrogen and oxygen atoms in total. The fourth-order valence-corrected chi connectivity index (χ4v) is 0.848. The van der Waals surface area contributed by atoms with E-state index in [9.17, 15) is 0 Å². The molecule has 0 aliphatic carbocycles. The van der Waals surface area contributed by atoms with Crippen LogP contribution in [0.3, 0.4) is 0 Å². The van der Waals surface area contributed by atoms with Crippen LogP contribution in [0.2, 0.25) is 0 Å². The minimum absolute atomic E-state index is 0. The van der Waals surface area contributed by atoms with E-state index in [4.69, 9.17) is 21.3 Å². The van der Waals surface area contributed by atoms with Crippen molar-refractivity contribution in [3.63, 3.8) is 0 Å². The van der Waals surface area contributed by atoms with Crippen LogP contribution in [0.25, 0.3) is 0 Å². The molecule has 1 rings (SSSR count). The van der Waals surface area contributed by atoms with Gasteiger partial charge in [0.15, 0.2) is 6.29 Å². The van der Waals surface area contributed by atoms with Crippen molar-refractivity contribution in [2.75, 3.05) is 11.5 Å². The van der Waals surface area contributed by atoms with Crippen molar-refractivity contribution < 1.29 is 9.84 Å². The number of anilines is 2. The van der Waals surface area contributed by atoms with E-state index in [1.54, 1.807) is 18.2 Å². The summed E-state index contributed by atoms with van der Waals surface area (Å²) in [6.45, 7) is 1.50. The van der Waals surface area contributed by atoms with Crippen molar-refractivity contribution in [2.45, 2.75) is 13.2 Å². The standard InChI is InChI=1S/C8H12N2O2.ClH/c1-5(11)12-7-4-2-3-6(9)8(7)10;/h2-5,11H,9-10H2,1H3;1H. The highest BCUT2D eigenvalue weighted by atomic mass is 35.5. The molecular formula is C8H13ClN2O2. The van der Waals surface area contributed by atoms with Crippen molar-refractivity contribution in [1.82, 2.24) is 0 Å². The first kappa shape index (κ1) is 11.9. The highest BCUT2D eigenvalue weighted by Crippen LogP contribution is 2.27. The summed E-state index contributed by atoms with van der Waals surface area (Å²) in [6, 6.07) is 5.03. The third-order valence-corrected chi connectivity index (χ3v) is 1.40. The van der Waals surface area contributed by atoms with Crippen LogP contribution in [0.1, 0.15) is 6.92 Å². The fourth-order valence-electron chi connectivity index (χ4n) is 0.848. The Hall–Kier alpha value is -1.13. The molecule has 0 saturated heterocycles. The van der Waals surface area contributed by atoms with E-state index in [-0.39, 0.29) is 12.4 Å². The van der Waals surface area contributed by atoms with Gasteiger partial charge >= 0.3 is 0 Å². The third-order valence-electron chi connectivity index (χ3n) is 1.40. The number of nitrogens with two attached hydrogens (primary N) is 2. The first-order valence-electron chi connectivity index (χ1n) is 3.60. The maximum Gasteiger partial charge on any atom is 0.194 e. The Morgan fingerprint density at radius 2 is 2.00 bits per heavy atom. The van der Waals surface area contributed by atoms with Gasteiger partial charge in [0.05, 0.1) is 11.4 Å². The minimum atomic E-state index is -0.880. The maximum atomic E-state index is 8.90. The van der Waals surface area contributed by atoms with Crippen LogP contribution in [-0.2, 0) is 0 Å². The first-order valence-corrected chi connectivity index (χ1v) is 3.60.